The second-order valence-electron chi connectivity index (χ2n) is 6.14. The van der Waals surface area contributed by atoms with E-state index in [1.54, 1.807) is 23.9 Å². The third-order valence-electron chi connectivity index (χ3n) is 4.00. The normalized spacial score (nSPS) is 12.7. The minimum Gasteiger partial charge on any atom is -0.344 e. The summed E-state index contributed by atoms with van der Waals surface area (Å²) in [4.78, 5) is 22.6. The predicted molar refractivity (Wildman–Crippen MR) is 97.3 cm³/mol. The van der Waals surface area contributed by atoms with Crippen LogP contribution in [0.1, 0.15) is 60.9 Å². The summed E-state index contributed by atoms with van der Waals surface area (Å²) in [7, 11) is 0. The van der Waals surface area contributed by atoms with Crippen LogP contribution in [-0.4, -0.2) is 20.4 Å². The maximum absolute atomic E-state index is 12.6. The Morgan fingerprint density at radius 2 is 2.21 bits per heavy atom. The van der Waals surface area contributed by atoms with Crippen molar-refractivity contribution in [1.29, 1.82) is 0 Å². The molecule has 126 valence electrons. The molecule has 0 fully saturated rings. The summed E-state index contributed by atoms with van der Waals surface area (Å²) in [6.07, 6.45) is 5.34. The van der Waals surface area contributed by atoms with Crippen LogP contribution >= 0.6 is 11.3 Å². The van der Waals surface area contributed by atoms with Gasteiger partial charge in [-0.1, -0.05) is 19.4 Å². The standard InChI is InChI=1S/C18H22N4OS/c1-4-6-14(16-7-5-8-24-16)21-18(23)13-9-15-17(19-10-13)22(11-20-15)12(2)3/h5,7-12,14H,4,6H2,1-3H3,(H,21,23). The molecule has 3 heterocycles. The lowest BCUT2D eigenvalue weighted by atomic mass is 10.1. The molecule has 1 amide bonds. The van der Waals surface area contributed by atoms with Crippen molar-refractivity contribution in [2.24, 2.45) is 0 Å². The number of fused-ring (bicyclic) bond motifs is 1. The van der Waals surface area contributed by atoms with Crippen molar-refractivity contribution in [2.45, 2.75) is 45.7 Å². The van der Waals surface area contributed by atoms with Gasteiger partial charge in [0.15, 0.2) is 5.65 Å². The van der Waals surface area contributed by atoms with E-state index in [0.29, 0.717) is 5.56 Å². The Balaban J connectivity index is 1.82. The number of carbonyl (C=O) groups is 1. The Bertz CT molecular complexity index is 823. The number of hydrogen-bond donors (Lipinski definition) is 1. The summed E-state index contributed by atoms with van der Waals surface area (Å²) in [6, 6.07) is 6.23. The zero-order valence-electron chi connectivity index (χ0n) is 14.2. The molecule has 6 heteroatoms. The number of thiophene rings is 1. The first-order valence-electron chi connectivity index (χ1n) is 8.27. The van der Waals surface area contributed by atoms with Gasteiger partial charge in [0.2, 0.25) is 0 Å². The van der Waals surface area contributed by atoms with Crippen LogP contribution in [0, 0.1) is 0 Å². The molecule has 0 spiro atoms. The summed E-state index contributed by atoms with van der Waals surface area (Å²) in [5, 5.41) is 5.17. The van der Waals surface area contributed by atoms with E-state index < -0.39 is 0 Å². The van der Waals surface area contributed by atoms with Gasteiger partial charge in [-0.3, -0.25) is 4.79 Å². The molecule has 0 saturated heterocycles. The van der Waals surface area contributed by atoms with Crippen molar-refractivity contribution in [2.75, 3.05) is 0 Å². The van der Waals surface area contributed by atoms with Crippen molar-refractivity contribution < 1.29 is 4.79 Å². The fourth-order valence-corrected chi connectivity index (χ4v) is 3.54. The Hall–Kier alpha value is -2.21. The minimum absolute atomic E-state index is 0.0476. The average molecular weight is 342 g/mol. The molecular formula is C18H22N4OS. The topological polar surface area (TPSA) is 59.8 Å². The molecule has 0 radical (unpaired) electrons. The lowest BCUT2D eigenvalue weighted by Crippen LogP contribution is -2.28. The smallest absolute Gasteiger partial charge is 0.253 e. The van der Waals surface area contributed by atoms with Gasteiger partial charge in [-0.2, -0.15) is 0 Å². The molecule has 3 rings (SSSR count). The fraction of sp³-hybridized carbons (Fsp3) is 0.389. The molecule has 5 nitrogen and oxygen atoms in total. The first-order valence-corrected chi connectivity index (χ1v) is 9.15. The SMILES string of the molecule is CCCC(NC(=O)c1cnc2c(c1)ncn2C(C)C)c1cccs1. The van der Waals surface area contributed by atoms with Crippen LogP contribution in [0.25, 0.3) is 11.2 Å². The molecular weight excluding hydrogens is 320 g/mol. The molecule has 3 aromatic rings. The number of nitrogens with zero attached hydrogens (tertiary/aromatic N) is 3. The van der Waals surface area contributed by atoms with Gasteiger partial charge >= 0.3 is 0 Å². The summed E-state index contributed by atoms with van der Waals surface area (Å²) in [5.41, 5.74) is 2.11. The van der Waals surface area contributed by atoms with Gasteiger partial charge in [-0.05, 0) is 37.8 Å². The van der Waals surface area contributed by atoms with Crippen LogP contribution in [-0.2, 0) is 0 Å². The summed E-state index contributed by atoms with van der Waals surface area (Å²) >= 11 is 1.67. The Labute approximate surface area is 145 Å². The van der Waals surface area contributed by atoms with Gasteiger partial charge in [0, 0.05) is 17.1 Å². The minimum atomic E-state index is -0.102. The maximum Gasteiger partial charge on any atom is 0.253 e. The fourth-order valence-electron chi connectivity index (χ4n) is 2.73. The van der Waals surface area contributed by atoms with E-state index in [1.165, 1.54) is 4.88 Å². The lowest BCUT2D eigenvalue weighted by Gasteiger charge is -2.16. The zero-order valence-corrected chi connectivity index (χ0v) is 15.0. The van der Waals surface area contributed by atoms with E-state index in [9.17, 15) is 4.79 Å². The van der Waals surface area contributed by atoms with Gasteiger partial charge in [0.1, 0.15) is 5.52 Å². The van der Waals surface area contributed by atoms with Gasteiger partial charge in [0.05, 0.1) is 17.9 Å². The largest absolute Gasteiger partial charge is 0.344 e. The van der Waals surface area contributed by atoms with Crippen molar-refractivity contribution >= 4 is 28.4 Å². The molecule has 0 aliphatic heterocycles. The third kappa shape index (κ3) is 3.33. The second kappa shape index (κ2) is 7.13. The molecule has 0 aliphatic carbocycles. The predicted octanol–water partition coefficient (Wildman–Crippen LogP) is 4.34. The monoisotopic (exact) mass is 342 g/mol. The highest BCUT2D eigenvalue weighted by atomic mass is 32.1. The van der Waals surface area contributed by atoms with Crippen molar-refractivity contribution in [3.63, 3.8) is 0 Å². The Morgan fingerprint density at radius 3 is 2.88 bits per heavy atom. The number of amides is 1. The number of aromatic nitrogens is 3. The first kappa shape index (κ1) is 16.6. The highest BCUT2D eigenvalue weighted by Gasteiger charge is 2.17. The van der Waals surface area contributed by atoms with E-state index in [0.717, 1.165) is 24.0 Å². The Morgan fingerprint density at radius 1 is 1.38 bits per heavy atom. The highest BCUT2D eigenvalue weighted by Crippen LogP contribution is 2.24. The molecule has 1 atom stereocenters. The second-order valence-corrected chi connectivity index (χ2v) is 7.12. The van der Waals surface area contributed by atoms with E-state index >= 15 is 0 Å². The first-order chi connectivity index (χ1) is 11.6. The number of nitrogens with one attached hydrogen (secondary N) is 1. The summed E-state index contributed by atoms with van der Waals surface area (Å²) < 4.78 is 2.00. The van der Waals surface area contributed by atoms with Gasteiger partial charge in [0.25, 0.3) is 5.91 Å². The maximum atomic E-state index is 12.6. The molecule has 0 aromatic carbocycles. The van der Waals surface area contributed by atoms with Crippen LogP contribution in [0.3, 0.4) is 0 Å². The van der Waals surface area contributed by atoms with Gasteiger partial charge in [-0.25, -0.2) is 9.97 Å². The van der Waals surface area contributed by atoms with E-state index in [-0.39, 0.29) is 18.0 Å². The van der Waals surface area contributed by atoms with E-state index in [1.807, 2.05) is 22.1 Å². The molecule has 1 N–H and O–H groups in total. The highest BCUT2D eigenvalue weighted by molar-refractivity contribution is 7.10. The molecule has 3 aromatic heterocycles. The average Bonchev–Trinajstić information content (AvgIpc) is 3.23. The van der Waals surface area contributed by atoms with Crippen LogP contribution < -0.4 is 5.32 Å². The van der Waals surface area contributed by atoms with Crippen molar-refractivity contribution in [3.05, 3.63) is 46.5 Å². The molecule has 0 bridgehead atoms. The Kier molecular flexibility index (Phi) is 4.94. The quantitative estimate of drug-likeness (QED) is 0.724. The van der Waals surface area contributed by atoms with Crippen LogP contribution in [0.2, 0.25) is 0 Å². The summed E-state index contributed by atoms with van der Waals surface area (Å²) in [6.45, 7) is 6.29. The van der Waals surface area contributed by atoms with Crippen LogP contribution in [0.15, 0.2) is 36.1 Å². The third-order valence-corrected chi connectivity index (χ3v) is 4.99. The van der Waals surface area contributed by atoms with Crippen LogP contribution in [0.4, 0.5) is 0 Å². The summed E-state index contributed by atoms with van der Waals surface area (Å²) in [5.74, 6) is -0.102. The number of hydrogen-bond acceptors (Lipinski definition) is 4. The number of carbonyl (C=O) groups excluding carboxylic acids is 1. The number of imidazole rings is 1. The van der Waals surface area contributed by atoms with Gasteiger partial charge in [-0.15, -0.1) is 11.3 Å². The van der Waals surface area contributed by atoms with E-state index in [2.05, 4.69) is 42.1 Å². The lowest BCUT2D eigenvalue weighted by molar-refractivity contribution is 0.0935. The molecule has 0 saturated carbocycles. The van der Waals surface area contributed by atoms with Crippen LogP contribution in [0.5, 0.6) is 0 Å². The number of pyridine rings is 1. The van der Waals surface area contributed by atoms with Gasteiger partial charge < -0.3 is 9.88 Å². The number of rotatable bonds is 6. The molecule has 24 heavy (non-hydrogen) atoms. The molecule has 1 unspecified atom stereocenters. The van der Waals surface area contributed by atoms with E-state index in [4.69, 9.17) is 0 Å². The van der Waals surface area contributed by atoms with Crippen molar-refractivity contribution in [1.82, 2.24) is 19.9 Å². The zero-order chi connectivity index (χ0) is 17.1. The van der Waals surface area contributed by atoms with Crippen molar-refractivity contribution in [3.8, 4) is 0 Å². The molecule has 0 aliphatic rings.